The van der Waals surface area contributed by atoms with Crippen LogP contribution in [0.4, 0.5) is 0 Å². The first-order valence-electron chi connectivity index (χ1n) is 6.50. The summed E-state index contributed by atoms with van der Waals surface area (Å²) in [6, 6.07) is 0.241. The molecule has 0 spiro atoms. The predicted octanol–water partition coefficient (Wildman–Crippen LogP) is 1.29. The molecule has 0 aromatic heterocycles. The lowest BCUT2D eigenvalue weighted by atomic mass is 9.76. The van der Waals surface area contributed by atoms with Crippen molar-refractivity contribution >= 4 is 5.91 Å². The van der Waals surface area contributed by atoms with Crippen molar-refractivity contribution in [2.75, 3.05) is 19.8 Å². The van der Waals surface area contributed by atoms with Gasteiger partial charge in [0.15, 0.2) is 0 Å². The summed E-state index contributed by atoms with van der Waals surface area (Å²) in [4.78, 5) is 11.7. The van der Waals surface area contributed by atoms with Crippen molar-refractivity contribution in [3.05, 3.63) is 0 Å². The number of nitrogens with two attached hydrogens (primary N) is 1. The first kappa shape index (κ1) is 14.5. The molecule has 1 rings (SSSR count). The average Bonchev–Trinajstić information content (AvgIpc) is 2.16. The summed E-state index contributed by atoms with van der Waals surface area (Å²) in [7, 11) is 0. The van der Waals surface area contributed by atoms with E-state index in [0.717, 1.165) is 12.8 Å². The Bertz CT molecular complexity index is 244. The Balaban J connectivity index is 2.27. The van der Waals surface area contributed by atoms with Crippen LogP contribution in [0, 0.1) is 11.3 Å². The normalized spacial score (nSPS) is 18.6. The van der Waals surface area contributed by atoms with E-state index in [1.165, 1.54) is 0 Å². The van der Waals surface area contributed by atoms with Crippen molar-refractivity contribution in [3.63, 3.8) is 0 Å². The van der Waals surface area contributed by atoms with Crippen LogP contribution in [0.3, 0.4) is 0 Å². The number of hydrogen-bond acceptors (Lipinski definition) is 3. The molecule has 1 heterocycles. The molecule has 0 saturated carbocycles. The molecule has 100 valence electrons. The number of amides is 1. The number of rotatable bonds is 6. The largest absolute Gasteiger partial charge is 0.377 e. The first-order valence-corrected chi connectivity index (χ1v) is 6.50. The molecule has 17 heavy (non-hydrogen) atoms. The molecular formula is C13H26N2O2. The van der Waals surface area contributed by atoms with E-state index in [1.807, 2.05) is 0 Å². The zero-order valence-electron chi connectivity index (χ0n) is 11.3. The highest BCUT2D eigenvalue weighted by Crippen LogP contribution is 2.32. The summed E-state index contributed by atoms with van der Waals surface area (Å²) < 4.78 is 5.02. The number of carbonyl (C=O) groups excluding carboxylic acids is 1. The molecular weight excluding hydrogens is 216 g/mol. The fourth-order valence-electron chi connectivity index (χ4n) is 2.14. The van der Waals surface area contributed by atoms with Gasteiger partial charge >= 0.3 is 0 Å². The molecule has 1 unspecified atom stereocenters. The number of ether oxygens (including phenoxy) is 1. The van der Waals surface area contributed by atoms with Gasteiger partial charge in [0.05, 0.1) is 19.3 Å². The minimum Gasteiger partial charge on any atom is -0.377 e. The smallest absolute Gasteiger partial charge is 0.220 e. The van der Waals surface area contributed by atoms with Gasteiger partial charge < -0.3 is 15.8 Å². The Kier molecular flexibility index (Phi) is 5.40. The maximum atomic E-state index is 11.7. The second-order valence-corrected chi connectivity index (χ2v) is 5.98. The van der Waals surface area contributed by atoms with Gasteiger partial charge in [-0.3, -0.25) is 4.79 Å². The first-order chi connectivity index (χ1) is 7.93. The molecule has 4 nitrogen and oxygen atoms in total. The topological polar surface area (TPSA) is 64.4 Å². The standard InChI is InChI=1S/C13H26N2O2/c1-13(2,3)10(6-7-14)4-5-12(16)15-11-8-17-9-11/h10-11H,4-9,14H2,1-3H3,(H,15,16). The second kappa shape index (κ2) is 6.36. The van der Waals surface area contributed by atoms with Crippen LogP contribution in [0.5, 0.6) is 0 Å². The molecule has 0 radical (unpaired) electrons. The van der Waals surface area contributed by atoms with Gasteiger partial charge in [-0.1, -0.05) is 20.8 Å². The summed E-state index contributed by atoms with van der Waals surface area (Å²) in [5.74, 6) is 0.653. The van der Waals surface area contributed by atoms with Crippen LogP contribution in [-0.4, -0.2) is 31.7 Å². The number of nitrogens with one attached hydrogen (secondary N) is 1. The molecule has 4 heteroatoms. The molecule has 1 aliphatic rings. The fraction of sp³-hybridized carbons (Fsp3) is 0.923. The molecule has 1 amide bonds. The van der Waals surface area contributed by atoms with Gasteiger partial charge in [-0.25, -0.2) is 0 Å². The van der Waals surface area contributed by atoms with Crippen LogP contribution in [0.1, 0.15) is 40.0 Å². The third-order valence-electron chi connectivity index (χ3n) is 3.46. The van der Waals surface area contributed by atoms with E-state index in [9.17, 15) is 4.79 Å². The van der Waals surface area contributed by atoms with E-state index in [0.29, 0.717) is 32.1 Å². The maximum Gasteiger partial charge on any atom is 0.220 e. The SMILES string of the molecule is CC(C)(C)C(CCN)CCC(=O)NC1COC1. The number of hydrogen-bond donors (Lipinski definition) is 2. The Morgan fingerprint density at radius 2 is 2.06 bits per heavy atom. The lowest BCUT2D eigenvalue weighted by Crippen LogP contribution is -2.48. The lowest BCUT2D eigenvalue weighted by molar-refractivity contribution is -0.125. The van der Waals surface area contributed by atoms with Gasteiger partial charge in [0.1, 0.15) is 0 Å². The zero-order valence-corrected chi connectivity index (χ0v) is 11.3. The summed E-state index contributed by atoms with van der Waals surface area (Å²) >= 11 is 0. The molecule has 0 aliphatic carbocycles. The Labute approximate surface area is 104 Å². The highest BCUT2D eigenvalue weighted by Gasteiger charge is 2.25. The van der Waals surface area contributed by atoms with Crippen LogP contribution in [0.15, 0.2) is 0 Å². The predicted molar refractivity (Wildman–Crippen MR) is 68.6 cm³/mol. The van der Waals surface area contributed by atoms with E-state index >= 15 is 0 Å². The van der Waals surface area contributed by atoms with Crippen LogP contribution in [0.25, 0.3) is 0 Å². The summed E-state index contributed by atoms with van der Waals surface area (Å²) in [6.45, 7) is 8.66. The van der Waals surface area contributed by atoms with Gasteiger partial charge in [0, 0.05) is 6.42 Å². The van der Waals surface area contributed by atoms with Crippen molar-refractivity contribution in [3.8, 4) is 0 Å². The quantitative estimate of drug-likeness (QED) is 0.737. The third-order valence-corrected chi connectivity index (χ3v) is 3.46. The van der Waals surface area contributed by atoms with E-state index in [1.54, 1.807) is 0 Å². The fourth-order valence-corrected chi connectivity index (χ4v) is 2.14. The Morgan fingerprint density at radius 3 is 2.47 bits per heavy atom. The molecule has 1 atom stereocenters. The Morgan fingerprint density at radius 1 is 1.41 bits per heavy atom. The maximum absolute atomic E-state index is 11.7. The molecule has 1 aliphatic heterocycles. The van der Waals surface area contributed by atoms with Crippen molar-refractivity contribution in [2.24, 2.45) is 17.1 Å². The van der Waals surface area contributed by atoms with E-state index in [-0.39, 0.29) is 17.4 Å². The van der Waals surface area contributed by atoms with Gasteiger partial charge in [-0.2, -0.15) is 0 Å². The van der Waals surface area contributed by atoms with Crippen LogP contribution >= 0.6 is 0 Å². The summed E-state index contributed by atoms with van der Waals surface area (Å²) in [5.41, 5.74) is 5.85. The lowest BCUT2D eigenvalue weighted by Gasteiger charge is -2.31. The minimum absolute atomic E-state index is 0.143. The molecule has 1 fully saturated rings. The number of carbonyl (C=O) groups is 1. The molecule has 0 aromatic rings. The summed E-state index contributed by atoms with van der Waals surface area (Å²) in [6.07, 6.45) is 2.50. The zero-order chi connectivity index (χ0) is 12.9. The van der Waals surface area contributed by atoms with Gasteiger partial charge in [0.25, 0.3) is 0 Å². The van der Waals surface area contributed by atoms with E-state index < -0.39 is 0 Å². The van der Waals surface area contributed by atoms with Crippen molar-refractivity contribution in [1.29, 1.82) is 0 Å². The van der Waals surface area contributed by atoms with Crippen molar-refractivity contribution in [1.82, 2.24) is 5.32 Å². The van der Waals surface area contributed by atoms with Gasteiger partial charge in [-0.15, -0.1) is 0 Å². The van der Waals surface area contributed by atoms with Gasteiger partial charge in [0.2, 0.25) is 5.91 Å². The molecule has 3 N–H and O–H groups in total. The second-order valence-electron chi connectivity index (χ2n) is 5.98. The van der Waals surface area contributed by atoms with E-state index in [2.05, 4.69) is 26.1 Å². The van der Waals surface area contributed by atoms with Crippen molar-refractivity contribution in [2.45, 2.75) is 46.1 Å². The van der Waals surface area contributed by atoms with Crippen molar-refractivity contribution < 1.29 is 9.53 Å². The highest BCUT2D eigenvalue weighted by atomic mass is 16.5. The monoisotopic (exact) mass is 242 g/mol. The molecule has 0 bridgehead atoms. The molecule has 0 aromatic carbocycles. The van der Waals surface area contributed by atoms with Crippen LogP contribution in [0.2, 0.25) is 0 Å². The molecule has 1 saturated heterocycles. The highest BCUT2D eigenvalue weighted by molar-refractivity contribution is 5.76. The van der Waals surface area contributed by atoms with Crippen LogP contribution in [-0.2, 0) is 9.53 Å². The van der Waals surface area contributed by atoms with Gasteiger partial charge in [-0.05, 0) is 30.7 Å². The third kappa shape index (κ3) is 5.04. The average molecular weight is 242 g/mol. The summed E-state index contributed by atoms with van der Waals surface area (Å²) in [5, 5.41) is 2.97. The minimum atomic E-state index is 0.143. The van der Waals surface area contributed by atoms with E-state index in [4.69, 9.17) is 10.5 Å². The Hall–Kier alpha value is -0.610. The van der Waals surface area contributed by atoms with Crippen LogP contribution < -0.4 is 11.1 Å².